The van der Waals surface area contributed by atoms with Gasteiger partial charge in [0.2, 0.25) is 0 Å². The molecule has 0 spiro atoms. The van der Waals surface area contributed by atoms with E-state index in [1.54, 1.807) is 0 Å². The van der Waals surface area contributed by atoms with Crippen molar-refractivity contribution in [2.75, 3.05) is 19.6 Å². The first-order valence-corrected chi connectivity index (χ1v) is 6.07. The molecule has 5 heteroatoms. The van der Waals surface area contributed by atoms with Crippen LogP contribution in [0.5, 0.6) is 0 Å². The molecule has 17 heavy (non-hydrogen) atoms. The van der Waals surface area contributed by atoms with Gasteiger partial charge in [-0.2, -0.15) is 0 Å². The lowest BCUT2D eigenvalue weighted by Crippen LogP contribution is -2.34. The molecule has 0 amide bonds. The van der Waals surface area contributed by atoms with Crippen molar-refractivity contribution in [2.24, 2.45) is 0 Å². The topological polar surface area (TPSA) is 66.6 Å². The number of oxazole rings is 1. The van der Waals surface area contributed by atoms with Crippen LogP contribution in [0.3, 0.4) is 0 Å². The Morgan fingerprint density at radius 3 is 3.24 bits per heavy atom. The Bertz CT molecular complexity index is 389. The zero-order valence-corrected chi connectivity index (χ0v) is 10.1. The summed E-state index contributed by atoms with van der Waals surface area (Å²) < 4.78 is 5.40. The zero-order chi connectivity index (χ0) is 12.3. The highest BCUT2D eigenvalue weighted by molar-refractivity contribution is 5.69. The van der Waals surface area contributed by atoms with Crippen LogP contribution >= 0.6 is 0 Å². The number of hydrogen-bond donors (Lipinski definition) is 1. The summed E-state index contributed by atoms with van der Waals surface area (Å²) in [6, 6.07) is 0. The van der Waals surface area contributed by atoms with Crippen LogP contribution in [0.1, 0.15) is 37.3 Å². The van der Waals surface area contributed by atoms with Gasteiger partial charge < -0.3 is 14.4 Å². The number of piperidine rings is 1. The zero-order valence-electron chi connectivity index (χ0n) is 10.1. The minimum absolute atomic E-state index is 0.0618. The molecule has 1 atom stereocenters. The fraction of sp³-hybridized carbons (Fsp3) is 0.667. The lowest BCUT2D eigenvalue weighted by Gasteiger charge is -2.29. The highest BCUT2D eigenvalue weighted by Crippen LogP contribution is 2.26. The third-order valence-electron chi connectivity index (χ3n) is 3.20. The van der Waals surface area contributed by atoms with Crippen LogP contribution in [0.2, 0.25) is 0 Å². The number of hydrogen-bond acceptors (Lipinski definition) is 4. The maximum Gasteiger partial charge on any atom is 0.309 e. The number of rotatable bonds is 4. The number of likely N-dealkylation sites (N-methyl/N-ethyl adjacent to an activating group) is 1. The van der Waals surface area contributed by atoms with Crippen molar-refractivity contribution in [3.63, 3.8) is 0 Å². The Balaban J connectivity index is 2.01. The third kappa shape index (κ3) is 3.06. The van der Waals surface area contributed by atoms with Crippen LogP contribution in [0.25, 0.3) is 0 Å². The molecule has 0 saturated carbocycles. The van der Waals surface area contributed by atoms with Crippen molar-refractivity contribution in [2.45, 2.75) is 32.1 Å². The minimum Gasteiger partial charge on any atom is -0.481 e. The molecular weight excluding hydrogens is 220 g/mol. The fourth-order valence-corrected chi connectivity index (χ4v) is 2.29. The molecule has 0 bridgehead atoms. The van der Waals surface area contributed by atoms with Crippen molar-refractivity contribution in [3.8, 4) is 0 Å². The molecule has 0 radical (unpaired) electrons. The number of nitrogens with zero attached hydrogens (tertiary/aromatic N) is 2. The molecule has 1 aromatic rings. The lowest BCUT2D eigenvalue weighted by molar-refractivity contribution is -0.136. The molecule has 5 nitrogen and oxygen atoms in total. The van der Waals surface area contributed by atoms with E-state index in [1.807, 2.05) is 0 Å². The van der Waals surface area contributed by atoms with Gasteiger partial charge in [-0.25, -0.2) is 4.98 Å². The molecule has 1 aliphatic rings. The van der Waals surface area contributed by atoms with Crippen molar-refractivity contribution in [1.82, 2.24) is 9.88 Å². The molecule has 0 aromatic carbocycles. The quantitative estimate of drug-likeness (QED) is 0.861. The molecule has 2 heterocycles. The molecule has 0 aliphatic carbocycles. The predicted octanol–water partition coefficient (Wildman–Crippen LogP) is 1.50. The first-order valence-electron chi connectivity index (χ1n) is 6.07. The van der Waals surface area contributed by atoms with Crippen LogP contribution in [-0.4, -0.2) is 40.6 Å². The maximum atomic E-state index is 10.6. The van der Waals surface area contributed by atoms with E-state index in [0.29, 0.717) is 17.5 Å². The van der Waals surface area contributed by atoms with Gasteiger partial charge in [0.1, 0.15) is 6.26 Å². The Labute approximate surface area is 100 Å². The number of aliphatic carboxylic acids is 1. The van der Waals surface area contributed by atoms with E-state index in [2.05, 4.69) is 16.8 Å². The first kappa shape index (κ1) is 12.1. The largest absolute Gasteiger partial charge is 0.481 e. The average Bonchev–Trinajstić information content (AvgIpc) is 2.77. The number of aromatic nitrogens is 1. The second kappa shape index (κ2) is 5.31. The second-order valence-corrected chi connectivity index (χ2v) is 4.48. The number of carboxylic acids is 1. The van der Waals surface area contributed by atoms with E-state index < -0.39 is 5.97 Å². The first-order chi connectivity index (χ1) is 8.19. The maximum absolute atomic E-state index is 10.6. The third-order valence-corrected chi connectivity index (χ3v) is 3.20. The van der Waals surface area contributed by atoms with Gasteiger partial charge in [-0.05, 0) is 25.9 Å². The van der Waals surface area contributed by atoms with E-state index in [-0.39, 0.29) is 6.42 Å². The van der Waals surface area contributed by atoms with Crippen molar-refractivity contribution in [3.05, 3.63) is 17.8 Å². The van der Waals surface area contributed by atoms with E-state index >= 15 is 0 Å². The van der Waals surface area contributed by atoms with Crippen molar-refractivity contribution in [1.29, 1.82) is 0 Å². The summed E-state index contributed by atoms with van der Waals surface area (Å²) in [4.78, 5) is 17.2. The van der Waals surface area contributed by atoms with Crippen LogP contribution in [-0.2, 0) is 11.2 Å². The molecule has 1 aromatic heterocycles. The van der Waals surface area contributed by atoms with Gasteiger partial charge in [-0.15, -0.1) is 0 Å². The average molecular weight is 238 g/mol. The summed E-state index contributed by atoms with van der Waals surface area (Å²) in [7, 11) is 0. The van der Waals surface area contributed by atoms with Crippen molar-refractivity contribution < 1.29 is 14.3 Å². The Morgan fingerprint density at radius 1 is 1.71 bits per heavy atom. The number of likely N-dealkylation sites (tertiary alicyclic amines) is 1. The smallest absolute Gasteiger partial charge is 0.309 e. The Kier molecular flexibility index (Phi) is 3.78. The summed E-state index contributed by atoms with van der Waals surface area (Å²) in [6.45, 7) is 5.28. The van der Waals surface area contributed by atoms with E-state index in [9.17, 15) is 4.79 Å². The second-order valence-electron chi connectivity index (χ2n) is 4.48. The molecule has 1 saturated heterocycles. The summed E-state index contributed by atoms with van der Waals surface area (Å²) >= 11 is 0. The molecule has 2 rings (SSSR count). The minimum atomic E-state index is -0.872. The van der Waals surface area contributed by atoms with Gasteiger partial charge in [-0.1, -0.05) is 6.92 Å². The van der Waals surface area contributed by atoms with E-state index in [1.165, 1.54) is 6.26 Å². The molecular formula is C12H18N2O3. The molecule has 1 aliphatic heterocycles. The summed E-state index contributed by atoms with van der Waals surface area (Å²) in [5.41, 5.74) is 0.515. The molecule has 1 N–H and O–H groups in total. The summed E-state index contributed by atoms with van der Waals surface area (Å²) in [5.74, 6) is 0.134. The lowest BCUT2D eigenvalue weighted by atomic mass is 9.98. The van der Waals surface area contributed by atoms with Crippen LogP contribution in [0, 0.1) is 0 Å². The van der Waals surface area contributed by atoms with Gasteiger partial charge in [0.25, 0.3) is 0 Å². The molecule has 1 unspecified atom stereocenters. The van der Waals surface area contributed by atoms with Crippen LogP contribution in [0.4, 0.5) is 0 Å². The van der Waals surface area contributed by atoms with Gasteiger partial charge in [-0.3, -0.25) is 4.79 Å². The van der Waals surface area contributed by atoms with Crippen molar-refractivity contribution >= 4 is 5.97 Å². The number of carbonyl (C=O) groups is 1. The Hall–Kier alpha value is -1.36. The number of carboxylic acid groups (broad SMARTS) is 1. The normalized spacial score (nSPS) is 21.6. The Morgan fingerprint density at radius 2 is 2.53 bits per heavy atom. The standard InChI is InChI=1S/C12H18N2O3/c1-2-14-5-3-4-9(7-14)12-13-10(8-17-12)6-11(15)16/h8-9H,2-7H2,1H3,(H,15,16). The van der Waals surface area contributed by atoms with Crippen LogP contribution in [0.15, 0.2) is 10.7 Å². The summed E-state index contributed by atoms with van der Waals surface area (Å²) in [6.07, 6.45) is 3.63. The predicted molar refractivity (Wildman–Crippen MR) is 61.9 cm³/mol. The highest BCUT2D eigenvalue weighted by atomic mass is 16.4. The molecule has 94 valence electrons. The van der Waals surface area contributed by atoms with Crippen LogP contribution < -0.4 is 0 Å². The van der Waals surface area contributed by atoms with Gasteiger partial charge >= 0.3 is 5.97 Å². The van der Waals surface area contributed by atoms with E-state index in [0.717, 1.165) is 32.5 Å². The fourth-order valence-electron chi connectivity index (χ4n) is 2.29. The van der Waals surface area contributed by atoms with Gasteiger partial charge in [0, 0.05) is 12.5 Å². The highest BCUT2D eigenvalue weighted by Gasteiger charge is 2.24. The summed E-state index contributed by atoms with van der Waals surface area (Å²) in [5, 5.41) is 8.68. The SMILES string of the molecule is CCN1CCCC(c2nc(CC(=O)O)co2)C1. The van der Waals surface area contributed by atoms with Gasteiger partial charge in [0.05, 0.1) is 12.1 Å². The molecule has 1 fully saturated rings. The monoisotopic (exact) mass is 238 g/mol. The van der Waals surface area contributed by atoms with E-state index in [4.69, 9.17) is 9.52 Å². The van der Waals surface area contributed by atoms with Gasteiger partial charge in [0.15, 0.2) is 5.89 Å².